The average molecular weight is 181 g/mol. The molecule has 0 saturated heterocycles. The number of nitriles is 1. The maximum absolute atomic E-state index is 8.90. The summed E-state index contributed by atoms with van der Waals surface area (Å²) in [6.45, 7) is 3.99. The van der Waals surface area contributed by atoms with E-state index in [0.717, 1.165) is 17.7 Å². The summed E-state index contributed by atoms with van der Waals surface area (Å²) in [6, 6.07) is 2.32. The first-order chi connectivity index (χ1) is 5.70. The number of hydrogen-bond donors (Lipinski definition) is 0. The lowest BCUT2D eigenvalue weighted by Crippen LogP contribution is -2.14. The van der Waals surface area contributed by atoms with Crippen LogP contribution in [0.2, 0.25) is 0 Å². The van der Waals surface area contributed by atoms with E-state index < -0.39 is 0 Å². The van der Waals surface area contributed by atoms with E-state index in [9.17, 15) is 0 Å². The Morgan fingerprint density at radius 3 is 2.92 bits per heavy atom. The van der Waals surface area contributed by atoms with Crippen molar-refractivity contribution in [3.63, 3.8) is 0 Å². The summed E-state index contributed by atoms with van der Waals surface area (Å²) in [5, 5.41) is 12.6. The van der Waals surface area contributed by atoms with Crippen LogP contribution < -0.4 is 0 Å². The molecule has 1 aromatic heterocycles. The fraction of sp³-hybridized carbons (Fsp3) is 0.625. The molecule has 0 aliphatic rings. The van der Waals surface area contributed by atoms with Gasteiger partial charge in [0.15, 0.2) is 0 Å². The van der Waals surface area contributed by atoms with Crippen LogP contribution >= 0.6 is 11.5 Å². The number of aromatic nitrogens is 2. The quantitative estimate of drug-likeness (QED) is 0.716. The van der Waals surface area contributed by atoms with Crippen LogP contribution in [0.5, 0.6) is 0 Å². The lowest BCUT2D eigenvalue weighted by atomic mass is 9.85. The van der Waals surface area contributed by atoms with Crippen LogP contribution in [0.15, 0.2) is 6.20 Å². The van der Waals surface area contributed by atoms with Crippen molar-refractivity contribution >= 4 is 11.5 Å². The van der Waals surface area contributed by atoms with Gasteiger partial charge < -0.3 is 0 Å². The highest BCUT2D eigenvalue weighted by Gasteiger charge is 2.22. The highest BCUT2D eigenvalue weighted by Crippen LogP contribution is 2.26. The third-order valence-corrected chi connectivity index (χ3v) is 2.68. The number of rotatable bonds is 3. The molecule has 0 N–H and O–H groups in total. The Bertz CT molecular complexity index is 275. The molecule has 1 rings (SSSR count). The van der Waals surface area contributed by atoms with Gasteiger partial charge in [0, 0.05) is 11.3 Å². The first-order valence-electron chi connectivity index (χ1n) is 3.87. The van der Waals surface area contributed by atoms with Crippen molar-refractivity contribution in [2.24, 2.45) is 5.41 Å². The topological polar surface area (TPSA) is 49.6 Å². The van der Waals surface area contributed by atoms with E-state index in [0.29, 0.717) is 0 Å². The summed E-state index contributed by atoms with van der Waals surface area (Å²) in [5.41, 5.74) is -0.256. The second kappa shape index (κ2) is 3.63. The Morgan fingerprint density at radius 2 is 2.50 bits per heavy atom. The van der Waals surface area contributed by atoms with E-state index in [4.69, 9.17) is 5.26 Å². The number of hydrogen-bond acceptors (Lipinski definition) is 4. The summed E-state index contributed by atoms with van der Waals surface area (Å²) in [6.07, 6.45) is 3.36. The molecule has 0 fully saturated rings. The third-order valence-electron chi connectivity index (χ3n) is 2.02. The summed E-state index contributed by atoms with van der Waals surface area (Å²) in [5.74, 6) is 0. The van der Waals surface area contributed by atoms with E-state index in [1.54, 1.807) is 6.20 Å². The fourth-order valence-electron chi connectivity index (χ4n) is 0.894. The van der Waals surface area contributed by atoms with Gasteiger partial charge in [-0.3, -0.25) is 0 Å². The van der Waals surface area contributed by atoms with Gasteiger partial charge in [-0.15, -0.1) is 5.10 Å². The minimum atomic E-state index is -0.256. The third kappa shape index (κ3) is 2.02. The zero-order valence-corrected chi connectivity index (χ0v) is 8.06. The SMILES string of the molecule is CCC(C)(C#N)Cc1cnns1. The molecule has 3 nitrogen and oxygen atoms in total. The Labute approximate surface area is 76.2 Å². The molecule has 0 aliphatic carbocycles. The van der Waals surface area contributed by atoms with Crippen LogP contribution in [0, 0.1) is 16.7 Å². The van der Waals surface area contributed by atoms with Crippen molar-refractivity contribution in [1.29, 1.82) is 5.26 Å². The van der Waals surface area contributed by atoms with E-state index in [2.05, 4.69) is 15.7 Å². The molecular formula is C8H11N3S. The highest BCUT2D eigenvalue weighted by atomic mass is 32.1. The fourth-order valence-corrected chi connectivity index (χ4v) is 1.57. The van der Waals surface area contributed by atoms with Crippen molar-refractivity contribution in [2.45, 2.75) is 26.7 Å². The first kappa shape index (κ1) is 9.14. The van der Waals surface area contributed by atoms with Crippen LogP contribution in [0.1, 0.15) is 25.1 Å². The molecule has 0 saturated carbocycles. The lowest BCUT2D eigenvalue weighted by Gasteiger charge is -2.16. The van der Waals surface area contributed by atoms with Crippen LogP contribution in [-0.2, 0) is 6.42 Å². The normalized spacial score (nSPS) is 15.1. The zero-order chi connectivity index (χ0) is 9.03. The van der Waals surface area contributed by atoms with Crippen LogP contribution in [0.3, 0.4) is 0 Å². The van der Waals surface area contributed by atoms with Gasteiger partial charge in [-0.05, 0) is 24.9 Å². The minimum Gasteiger partial charge on any atom is -0.198 e. The van der Waals surface area contributed by atoms with Crippen LogP contribution in [0.25, 0.3) is 0 Å². The predicted molar refractivity (Wildman–Crippen MR) is 47.6 cm³/mol. The molecule has 0 amide bonds. The Hall–Kier alpha value is -0.950. The minimum absolute atomic E-state index is 0.256. The molecule has 1 aromatic rings. The molecule has 0 aromatic carbocycles. The Kier molecular flexibility index (Phi) is 2.77. The van der Waals surface area contributed by atoms with Crippen LogP contribution in [-0.4, -0.2) is 9.59 Å². The molecule has 1 unspecified atom stereocenters. The highest BCUT2D eigenvalue weighted by molar-refractivity contribution is 7.05. The lowest BCUT2D eigenvalue weighted by molar-refractivity contribution is 0.426. The Balaban J connectivity index is 2.68. The predicted octanol–water partition coefficient (Wildman–Crippen LogP) is 2.02. The van der Waals surface area contributed by atoms with E-state index in [1.807, 2.05) is 13.8 Å². The summed E-state index contributed by atoms with van der Waals surface area (Å²) >= 11 is 1.37. The van der Waals surface area contributed by atoms with E-state index in [-0.39, 0.29) is 5.41 Å². The largest absolute Gasteiger partial charge is 0.198 e. The second-order valence-electron chi connectivity index (χ2n) is 3.09. The summed E-state index contributed by atoms with van der Waals surface area (Å²) in [4.78, 5) is 1.08. The van der Waals surface area contributed by atoms with Crippen molar-refractivity contribution in [3.8, 4) is 6.07 Å². The molecular weight excluding hydrogens is 170 g/mol. The maximum atomic E-state index is 8.90. The van der Waals surface area contributed by atoms with Gasteiger partial charge in [-0.1, -0.05) is 11.4 Å². The standard InChI is InChI=1S/C8H11N3S/c1-3-8(2,6-9)4-7-5-10-11-12-7/h5H,3-4H2,1-2H3. The van der Waals surface area contributed by atoms with Gasteiger partial charge in [0.2, 0.25) is 0 Å². The van der Waals surface area contributed by atoms with Gasteiger partial charge in [0.25, 0.3) is 0 Å². The van der Waals surface area contributed by atoms with E-state index in [1.165, 1.54) is 11.5 Å². The molecule has 0 aliphatic heterocycles. The van der Waals surface area contributed by atoms with Gasteiger partial charge in [-0.25, -0.2) is 0 Å². The average Bonchev–Trinajstić information content (AvgIpc) is 2.57. The van der Waals surface area contributed by atoms with Gasteiger partial charge in [0.1, 0.15) is 0 Å². The zero-order valence-electron chi connectivity index (χ0n) is 7.24. The maximum Gasteiger partial charge on any atom is 0.0690 e. The Morgan fingerprint density at radius 1 is 1.75 bits per heavy atom. The van der Waals surface area contributed by atoms with Crippen LogP contribution in [0.4, 0.5) is 0 Å². The molecule has 4 heteroatoms. The van der Waals surface area contributed by atoms with Crippen molar-refractivity contribution < 1.29 is 0 Å². The van der Waals surface area contributed by atoms with Gasteiger partial charge >= 0.3 is 0 Å². The summed E-state index contributed by atoms with van der Waals surface area (Å²) in [7, 11) is 0. The molecule has 1 atom stereocenters. The van der Waals surface area contributed by atoms with Crippen molar-refractivity contribution in [2.75, 3.05) is 0 Å². The molecule has 0 spiro atoms. The van der Waals surface area contributed by atoms with Crippen molar-refractivity contribution in [3.05, 3.63) is 11.1 Å². The summed E-state index contributed by atoms with van der Waals surface area (Å²) < 4.78 is 3.76. The molecule has 0 radical (unpaired) electrons. The molecule has 0 bridgehead atoms. The van der Waals surface area contributed by atoms with Gasteiger partial charge in [0.05, 0.1) is 17.7 Å². The molecule has 12 heavy (non-hydrogen) atoms. The number of nitrogens with zero attached hydrogens (tertiary/aromatic N) is 3. The van der Waals surface area contributed by atoms with Gasteiger partial charge in [-0.2, -0.15) is 5.26 Å². The van der Waals surface area contributed by atoms with Crippen molar-refractivity contribution in [1.82, 2.24) is 9.59 Å². The first-order valence-corrected chi connectivity index (χ1v) is 4.65. The second-order valence-corrected chi connectivity index (χ2v) is 3.96. The molecule has 64 valence electrons. The molecule has 1 heterocycles. The smallest absolute Gasteiger partial charge is 0.0690 e. The van der Waals surface area contributed by atoms with E-state index >= 15 is 0 Å². The monoisotopic (exact) mass is 181 g/mol.